The third-order valence-corrected chi connectivity index (χ3v) is 4.10. The standard InChI is InChI=1S/C19H40O/c1-4-6-8-9-10-11-12-13-14-15-17-20-18-19(3)16-7-5-2/h19H,4-18H2,1-3H3. The maximum absolute atomic E-state index is 5.76. The lowest BCUT2D eigenvalue weighted by atomic mass is 10.1. The van der Waals surface area contributed by atoms with Crippen LogP contribution in [0.2, 0.25) is 0 Å². The molecule has 0 radical (unpaired) electrons. The molecule has 0 aromatic rings. The van der Waals surface area contributed by atoms with Crippen LogP contribution in [0, 0.1) is 5.92 Å². The lowest BCUT2D eigenvalue weighted by Crippen LogP contribution is -2.06. The molecule has 0 aliphatic heterocycles. The van der Waals surface area contributed by atoms with Gasteiger partial charge in [-0.1, -0.05) is 91.4 Å². The fourth-order valence-electron chi connectivity index (χ4n) is 2.61. The van der Waals surface area contributed by atoms with E-state index in [1.165, 1.54) is 83.5 Å². The van der Waals surface area contributed by atoms with Crippen molar-refractivity contribution in [2.45, 2.75) is 104 Å². The van der Waals surface area contributed by atoms with Crippen LogP contribution < -0.4 is 0 Å². The Labute approximate surface area is 128 Å². The summed E-state index contributed by atoms with van der Waals surface area (Å²) in [6.45, 7) is 8.81. The fourth-order valence-corrected chi connectivity index (χ4v) is 2.61. The first-order valence-electron chi connectivity index (χ1n) is 9.39. The SMILES string of the molecule is CCCCCCCCCCCCOCC(C)CCCC. The van der Waals surface area contributed by atoms with Crippen molar-refractivity contribution in [2.24, 2.45) is 5.92 Å². The summed E-state index contributed by atoms with van der Waals surface area (Å²) in [4.78, 5) is 0. The predicted octanol–water partition coefficient (Wildman–Crippen LogP) is 6.75. The summed E-state index contributed by atoms with van der Waals surface area (Å²) in [5, 5.41) is 0. The Kier molecular flexibility index (Phi) is 17.0. The summed E-state index contributed by atoms with van der Waals surface area (Å²) in [6.07, 6.45) is 18.0. The number of rotatable bonds is 16. The van der Waals surface area contributed by atoms with Crippen molar-refractivity contribution < 1.29 is 4.74 Å². The average Bonchev–Trinajstić information content (AvgIpc) is 2.46. The molecule has 1 unspecified atom stereocenters. The highest BCUT2D eigenvalue weighted by Crippen LogP contribution is 2.11. The van der Waals surface area contributed by atoms with Gasteiger partial charge in [0.2, 0.25) is 0 Å². The second-order valence-electron chi connectivity index (χ2n) is 6.50. The van der Waals surface area contributed by atoms with Gasteiger partial charge in [0.15, 0.2) is 0 Å². The van der Waals surface area contributed by atoms with Gasteiger partial charge < -0.3 is 4.74 Å². The Bertz CT molecular complexity index is 167. The van der Waals surface area contributed by atoms with Crippen molar-refractivity contribution in [1.29, 1.82) is 0 Å². The smallest absolute Gasteiger partial charge is 0.0491 e. The van der Waals surface area contributed by atoms with Gasteiger partial charge in [0.05, 0.1) is 0 Å². The van der Waals surface area contributed by atoms with E-state index < -0.39 is 0 Å². The van der Waals surface area contributed by atoms with Crippen molar-refractivity contribution >= 4 is 0 Å². The van der Waals surface area contributed by atoms with Crippen LogP contribution in [0.1, 0.15) is 104 Å². The Balaban J connectivity index is 3.02. The molecule has 0 aromatic carbocycles. The molecule has 0 rings (SSSR count). The third kappa shape index (κ3) is 16.0. The average molecular weight is 285 g/mol. The van der Waals surface area contributed by atoms with Crippen LogP contribution in [-0.2, 0) is 4.74 Å². The zero-order chi connectivity index (χ0) is 14.9. The van der Waals surface area contributed by atoms with Crippen LogP contribution in [0.3, 0.4) is 0 Å². The molecular weight excluding hydrogens is 244 g/mol. The summed E-state index contributed by atoms with van der Waals surface area (Å²) < 4.78 is 5.76. The van der Waals surface area contributed by atoms with Crippen LogP contribution in [0.4, 0.5) is 0 Å². The van der Waals surface area contributed by atoms with Gasteiger partial charge in [-0.15, -0.1) is 0 Å². The van der Waals surface area contributed by atoms with Crippen molar-refractivity contribution in [3.8, 4) is 0 Å². The van der Waals surface area contributed by atoms with Crippen LogP contribution in [0.5, 0.6) is 0 Å². The second-order valence-corrected chi connectivity index (χ2v) is 6.50. The molecule has 0 N–H and O–H groups in total. The van der Waals surface area contributed by atoms with E-state index in [-0.39, 0.29) is 0 Å². The van der Waals surface area contributed by atoms with Crippen LogP contribution in [0.25, 0.3) is 0 Å². The molecule has 1 atom stereocenters. The zero-order valence-electron chi connectivity index (χ0n) is 14.6. The molecule has 0 spiro atoms. The lowest BCUT2D eigenvalue weighted by molar-refractivity contribution is 0.0978. The number of hydrogen-bond donors (Lipinski definition) is 0. The van der Waals surface area contributed by atoms with E-state index in [1.807, 2.05) is 0 Å². The highest BCUT2D eigenvalue weighted by atomic mass is 16.5. The minimum Gasteiger partial charge on any atom is -0.381 e. The quantitative estimate of drug-likeness (QED) is 0.285. The highest BCUT2D eigenvalue weighted by Gasteiger charge is 2.01. The number of unbranched alkanes of at least 4 members (excludes halogenated alkanes) is 10. The van der Waals surface area contributed by atoms with E-state index in [0.717, 1.165) is 19.1 Å². The molecule has 0 aliphatic rings. The topological polar surface area (TPSA) is 9.23 Å². The van der Waals surface area contributed by atoms with Gasteiger partial charge in [0.1, 0.15) is 0 Å². The zero-order valence-corrected chi connectivity index (χ0v) is 14.6. The van der Waals surface area contributed by atoms with Gasteiger partial charge in [-0.3, -0.25) is 0 Å². The fraction of sp³-hybridized carbons (Fsp3) is 1.00. The first-order valence-corrected chi connectivity index (χ1v) is 9.39. The van der Waals surface area contributed by atoms with E-state index in [4.69, 9.17) is 4.74 Å². The minimum absolute atomic E-state index is 0.748. The van der Waals surface area contributed by atoms with E-state index in [9.17, 15) is 0 Å². The molecule has 1 heteroatoms. The Morgan fingerprint density at radius 1 is 0.650 bits per heavy atom. The molecule has 0 aromatic heterocycles. The Morgan fingerprint density at radius 3 is 1.70 bits per heavy atom. The Hall–Kier alpha value is -0.0400. The molecule has 0 aliphatic carbocycles. The van der Waals surface area contributed by atoms with Crippen molar-refractivity contribution in [3.63, 3.8) is 0 Å². The minimum atomic E-state index is 0.748. The Morgan fingerprint density at radius 2 is 1.15 bits per heavy atom. The summed E-state index contributed by atoms with van der Waals surface area (Å²) in [7, 11) is 0. The second kappa shape index (κ2) is 17.0. The van der Waals surface area contributed by atoms with E-state index in [1.54, 1.807) is 0 Å². The molecular formula is C19H40O. The number of ether oxygens (including phenoxy) is 1. The lowest BCUT2D eigenvalue weighted by Gasteiger charge is -2.11. The third-order valence-electron chi connectivity index (χ3n) is 4.10. The molecule has 1 nitrogen and oxygen atoms in total. The van der Waals surface area contributed by atoms with Gasteiger partial charge >= 0.3 is 0 Å². The molecule has 0 saturated heterocycles. The van der Waals surface area contributed by atoms with Gasteiger partial charge in [0, 0.05) is 13.2 Å². The molecule has 0 heterocycles. The molecule has 0 amide bonds. The van der Waals surface area contributed by atoms with Crippen molar-refractivity contribution in [2.75, 3.05) is 13.2 Å². The largest absolute Gasteiger partial charge is 0.381 e. The first kappa shape index (κ1) is 20.0. The molecule has 0 fully saturated rings. The maximum atomic E-state index is 5.76. The van der Waals surface area contributed by atoms with Gasteiger partial charge in [-0.25, -0.2) is 0 Å². The molecule has 122 valence electrons. The first-order chi connectivity index (χ1) is 9.81. The van der Waals surface area contributed by atoms with Crippen molar-refractivity contribution in [1.82, 2.24) is 0 Å². The summed E-state index contributed by atoms with van der Waals surface area (Å²) in [5.41, 5.74) is 0. The van der Waals surface area contributed by atoms with Gasteiger partial charge in [0.25, 0.3) is 0 Å². The maximum Gasteiger partial charge on any atom is 0.0491 e. The van der Waals surface area contributed by atoms with Crippen LogP contribution in [-0.4, -0.2) is 13.2 Å². The van der Waals surface area contributed by atoms with Crippen LogP contribution >= 0.6 is 0 Å². The summed E-state index contributed by atoms with van der Waals surface area (Å²) in [6, 6.07) is 0. The van der Waals surface area contributed by atoms with Crippen LogP contribution in [0.15, 0.2) is 0 Å². The summed E-state index contributed by atoms with van der Waals surface area (Å²) in [5.74, 6) is 0.748. The highest BCUT2D eigenvalue weighted by molar-refractivity contribution is 4.51. The van der Waals surface area contributed by atoms with Gasteiger partial charge in [-0.2, -0.15) is 0 Å². The normalized spacial score (nSPS) is 12.8. The summed E-state index contributed by atoms with van der Waals surface area (Å²) >= 11 is 0. The van der Waals surface area contributed by atoms with Gasteiger partial charge in [-0.05, 0) is 18.8 Å². The molecule has 20 heavy (non-hydrogen) atoms. The van der Waals surface area contributed by atoms with Crippen molar-refractivity contribution in [3.05, 3.63) is 0 Å². The monoisotopic (exact) mass is 284 g/mol. The van der Waals surface area contributed by atoms with E-state index in [2.05, 4.69) is 20.8 Å². The van der Waals surface area contributed by atoms with E-state index in [0.29, 0.717) is 0 Å². The predicted molar refractivity (Wildman–Crippen MR) is 91.4 cm³/mol. The molecule has 0 bridgehead atoms. The van der Waals surface area contributed by atoms with E-state index >= 15 is 0 Å². The molecule has 0 saturated carbocycles. The number of hydrogen-bond acceptors (Lipinski definition) is 1.